The molecule has 0 fully saturated rings. The zero-order chi connectivity index (χ0) is 12.7. The molecule has 1 aromatic carbocycles. The molecule has 1 N–H and O–H groups in total. The molecule has 0 amide bonds. The topological polar surface area (TPSA) is 45.0 Å². The summed E-state index contributed by atoms with van der Waals surface area (Å²) in [4.78, 5) is 0. The van der Waals surface area contributed by atoms with Crippen LogP contribution in [-0.4, -0.2) is 19.2 Å². The smallest absolute Gasteiger partial charge is 0.128 e. The number of benzene rings is 1. The summed E-state index contributed by atoms with van der Waals surface area (Å²) in [5, 5.41) is 11.9. The van der Waals surface area contributed by atoms with E-state index in [0.29, 0.717) is 23.8 Å². The highest BCUT2D eigenvalue weighted by Crippen LogP contribution is 2.11. The molecular weight excluding hydrogens is 219 g/mol. The Kier molecular flexibility index (Phi) is 5.61. The van der Waals surface area contributed by atoms with E-state index in [1.165, 1.54) is 18.2 Å². The summed E-state index contributed by atoms with van der Waals surface area (Å²) in [6.45, 7) is 5.55. The summed E-state index contributed by atoms with van der Waals surface area (Å²) < 4.78 is 18.7. The average molecular weight is 236 g/mol. The van der Waals surface area contributed by atoms with Crippen LogP contribution in [0.25, 0.3) is 0 Å². The first-order chi connectivity index (χ1) is 8.13. The summed E-state index contributed by atoms with van der Waals surface area (Å²) in [5.74, 6) is -0.333. The van der Waals surface area contributed by atoms with Gasteiger partial charge in [0, 0.05) is 18.2 Å². The molecule has 0 aliphatic rings. The van der Waals surface area contributed by atoms with Gasteiger partial charge in [-0.1, -0.05) is 13.8 Å². The SMILES string of the molecule is CC(C)NCCOCc1cc(C#N)ccc1F. The molecule has 17 heavy (non-hydrogen) atoms. The molecule has 1 aromatic rings. The van der Waals surface area contributed by atoms with Crippen LogP contribution in [0.15, 0.2) is 18.2 Å². The maximum Gasteiger partial charge on any atom is 0.128 e. The lowest BCUT2D eigenvalue weighted by Crippen LogP contribution is -2.26. The molecule has 0 atom stereocenters. The van der Waals surface area contributed by atoms with Gasteiger partial charge in [-0.3, -0.25) is 0 Å². The molecule has 0 saturated carbocycles. The Morgan fingerprint density at radius 1 is 1.47 bits per heavy atom. The van der Waals surface area contributed by atoms with Crippen LogP contribution in [0.2, 0.25) is 0 Å². The van der Waals surface area contributed by atoms with Gasteiger partial charge in [-0.15, -0.1) is 0 Å². The molecule has 0 bridgehead atoms. The highest BCUT2D eigenvalue weighted by Gasteiger charge is 2.03. The number of ether oxygens (including phenoxy) is 1. The van der Waals surface area contributed by atoms with Gasteiger partial charge in [0.05, 0.1) is 24.8 Å². The monoisotopic (exact) mass is 236 g/mol. The Hall–Kier alpha value is -1.44. The third kappa shape index (κ3) is 4.94. The lowest BCUT2D eigenvalue weighted by molar-refractivity contribution is 0.119. The van der Waals surface area contributed by atoms with Crippen molar-refractivity contribution in [3.05, 3.63) is 35.1 Å². The van der Waals surface area contributed by atoms with Crippen molar-refractivity contribution in [2.75, 3.05) is 13.2 Å². The minimum Gasteiger partial charge on any atom is -0.375 e. The molecule has 1 rings (SSSR count). The number of nitriles is 1. The van der Waals surface area contributed by atoms with Crippen molar-refractivity contribution in [3.8, 4) is 6.07 Å². The Balaban J connectivity index is 2.39. The minimum absolute atomic E-state index is 0.196. The molecule has 0 unspecified atom stereocenters. The molecule has 0 heterocycles. The van der Waals surface area contributed by atoms with Gasteiger partial charge in [-0.25, -0.2) is 4.39 Å². The zero-order valence-corrected chi connectivity index (χ0v) is 10.2. The minimum atomic E-state index is -0.333. The predicted octanol–water partition coefficient (Wildman–Crippen LogP) is 2.21. The van der Waals surface area contributed by atoms with E-state index >= 15 is 0 Å². The van der Waals surface area contributed by atoms with Gasteiger partial charge >= 0.3 is 0 Å². The molecular formula is C13H17FN2O. The molecule has 0 radical (unpaired) electrons. The molecule has 0 aliphatic carbocycles. The Morgan fingerprint density at radius 3 is 2.88 bits per heavy atom. The maximum absolute atomic E-state index is 13.3. The van der Waals surface area contributed by atoms with Crippen LogP contribution in [0.3, 0.4) is 0 Å². The van der Waals surface area contributed by atoms with E-state index in [4.69, 9.17) is 10.00 Å². The van der Waals surface area contributed by atoms with E-state index in [-0.39, 0.29) is 12.4 Å². The van der Waals surface area contributed by atoms with Crippen molar-refractivity contribution < 1.29 is 9.13 Å². The van der Waals surface area contributed by atoms with Crippen LogP contribution in [0, 0.1) is 17.1 Å². The molecule has 92 valence electrons. The van der Waals surface area contributed by atoms with Crippen LogP contribution < -0.4 is 5.32 Å². The highest BCUT2D eigenvalue weighted by atomic mass is 19.1. The molecule has 0 aliphatic heterocycles. The third-order valence-electron chi connectivity index (χ3n) is 2.23. The van der Waals surface area contributed by atoms with E-state index in [2.05, 4.69) is 19.2 Å². The fourth-order valence-electron chi connectivity index (χ4n) is 1.36. The number of hydrogen-bond acceptors (Lipinski definition) is 3. The van der Waals surface area contributed by atoms with Crippen molar-refractivity contribution >= 4 is 0 Å². The van der Waals surface area contributed by atoms with Crippen molar-refractivity contribution in [2.45, 2.75) is 26.5 Å². The summed E-state index contributed by atoms with van der Waals surface area (Å²) in [6.07, 6.45) is 0. The van der Waals surface area contributed by atoms with Crippen LogP contribution in [-0.2, 0) is 11.3 Å². The second kappa shape index (κ2) is 7.00. The van der Waals surface area contributed by atoms with Gasteiger partial charge in [-0.2, -0.15) is 5.26 Å². The normalized spacial score (nSPS) is 10.5. The van der Waals surface area contributed by atoms with E-state index in [1.54, 1.807) is 0 Å². The standard InChI is InChI=1S/C13H17FN2O/c1-10(2)16-5-6-17-9-12-7-11(8-15)3-4-13(12)14/h3-4,7,10,16H,5-6,9H2,1-2H3. The lowest BCUT2D eigenvalue weighted by Gasteiger charge is -2.09. The van der Waals surface area contributed by atoms with Gasteiger partial charge in [0.25, 0.3) is 0 Å². The summed E-state index contributed by atoms with van der Waals surface area (Å²) >= 11 is 0. The highest BCUT2D eigenvalue weighted by molar-refractivity contribution is 5.33. The number of halogens is 1. The van der Waals surface area contributed by atoms with Gasteiger partial charge < -0.3 is 10.1 Å². The summed E-state index contributed by atoms with van der Waals surface area (Å²) in [5.41, 5.74) is 0.874. The first-order valence-electron chi connectivity index (χ1n) is 5.63. The fourth-order valence-corrected chi connectivity index (χ4v) is 1.36. The van der Waals surface area contributed by atoms with Crippen LogP contribution >= 0.6 is 0 Å². The average Bonchev–Trinajstić information content (AvgIpc) is 2.30. The van der Waals surface area contributed by atoms with Gasteiger partial charge in [0.1, 0.15) is 5.82 Å². The second-order valence-electron chi connectivity index (χ2n) is 4.08. The van der Waals surface area contributed by atoms with Crippen molar-refractivity contribution in [3.63, 3.8) is 0 Å². The summed E-state index contributed by atoms with van der Waals surface area (Å²) in [6, 6.07) is 6.66. The van der Waals surface area contributed by atoms with E-state index in [1.807, 2.05) is 6.07 Å². The Morgan fingerprint density at radius 2 is 2.24 bits per heavy atom. The third-order valence-corrected chi connectivity index (χ3v) is 2.23. The van der Waals surface area contributed by atoms with E-state index in [0.717, 1.165) is 6.54 Å². The largest absolute Gasteiger partial charge is 0.375 e. The lowest BCUT2D eigenvalue weighted by atomic mass is 10.1. The van der Waals surface area contributed by atoms with Crippen molar-refractivity contribution in [2.24, 2.45) is 0 Å². The number of hydrogen-bond donors (Lipinski definition) is 1. The Bertz CT molecular complexity index is 399. The quantitative estimate of drug-likeness (QED) is 0.770. The summed E-state index contributed by atoms with van der Waals surface area (Å²) in [7, 11) is 0. The number of nitrogens with zero attached hydrogens (tertiary/aromatic N) is 1. The van der Waals surface area contributed by atoms with Gasteiger partial charge in [-0.05, 0) is 18.2 Å². The van der Waals surface area contributed by atoms with Crippen LogP contribution in [0.4, 0.5) is 4.39 Å². The second-order valence-corrected chi connectivity index (χ2v) is 4.08. The first-order valence-corrected chi connectivity index (χ1v) is 5.63. The fraction of sp³-hybridized carbons (Fsp3) is 0.462. The number of rotatable bonds is 6. The van der Waals surface area contributed by atoms with Crippen molar-refractivity contribution in [1.29, 1.82) is 5.26 Å². The molecule has 0 saturated heterocycles. The van der Waals surface area contributed by atoms with E-state index < -0.39 is 0 Å². The Labute approximate surface area is 101 Å². The molecule has 3 nitrogen and oxygen atoms in total. The number of nitrogens with one attached hydrogen (secondary N) is 1. The van der Waals surface area contributed by atoms with Crippen molar-refractivity contribution in [1.82, 2.24) is 5.32 Å². The molecule has 0 spiro atoms. The zero-order valence-electron chi connectivity index (χ0n) is 10.2. The maximum atomic E-state index is 13.3. The predicted molar refractivity (Wildman–Crippen MR) is 63.9 cm³/mol. The van der Waals surface area contributed by atoms with E-state index in [9.17, 15) is 4.39 Å². The van der Waals surface area contributed by atoms with Crippen LogP contribution in [0.5, 0.6) is 0 Å². The molecule has 4 heteroatoms. The van der Waals surface area contributed by atoms with Crippen LogP contribution in [0.1, 0.15) is 25.0 Å². The van der Waals surface area contributed by atoms with Gasteiger partial charge in [0.15, 0.2) is 0 Å². The first kappa shape index (κ1) is 13.6. The molecule has 0 aromatic heterocycles. The van der Waals surface area contributed by atoms with Gasteiger partial charge in [0.2, 0.25) is 0 Å².